The maximum atomic E-state index is 5.94. The highest BCUT2D eigenvalue weighted by atomic mass is 16.3. The van der Waals surface area contributed by atoms with E-state index in [4.69, 9.17) is 4.42 Å². The molecule has 1 spiro atoms. The van der Waals surface area contributed by atoms with E-state index in [9.17, 15) is 0 Å². The van der Waals surface area contributed by atoms with E-state index in [0.717, 1.165) is 11.2 Å². The zero-order valence-corrected chi connectivity index (χ0v) is 39.2. The van der Waals surface area contributed by atoms with Crippen molar-refractivity contribution in [2.24, 2.45) is 0 Å². The van der Waals surface area contributed by atoms with Crippen LogP contribution in [0.1, 0.15) is 126 Å². The third-order valence-electron chi connectivity index (χ3n) is 13.4. The minimum atomic E-state index is 0.151. The van der Waals surface area contributed by atoms with E-state index in [1.165, 1.54) is 111 Å². The summed E-state index contributed by atoms with van der Waals surface area (Å²) >= 11 is 0. The minimum Gasteiger partial charge on any atom is -0.456 e. The molecule has 6 aromatic carbocycles. The fourth-order valence-electron chi connectivity index (χ4n) is 10.7. The fraction of sp³-hybridized carbons (Fsp3) is 0.311. The maximum absolute atomic E-state index is 5.94. The number of aryl methyl sites for hydroxylation is 3. The van der Waals surface area contributed by atoms with Crippen LogP contribution < -0.4 is 0 Å². The number of hydrogen-bond donors (Lipinski definition) is 0. The molecule has 0 bridgehead atoms. The summed E-state index contributed by atoms with van der Waals surface area (Å²) in [5.74, 6) is 0. The molecule has 0 N–H and O–H groups in total. The molecule has 1 unspecified atom stereocenters. The van der Waals surface area contributed by atoms with Gasteiger partial charge in [-0.2, -0.15) is 0 Å². The van der Waals surface area contributed by atoms with Gasteiger partial charge in [-0.15, -0.1) is 0 Å². The Bertz CT molecular complexity index is 2780. The molecule has 318 valence electrons. The standard InChI is InChI=1S/C23H30.C19H14O.C16H16.C3H8/c1-6-9-17-11-12-20-21(15-17)22(4,5)16-23(20)14-13-18(10-7-2)19(23)8-3;1-13-5-4-6-14(11-13)15-9-10-17-16-7-2-3-8-18(16)20-19(17)12-15;1-11-7-6-10-14-15(11)12-8-4-5-9-13(12)16(14,2)3;1-3-2/h7-8,10-12,15H,3,6,9,13-14,16H2,1-2,4-5H3;2-12H,1H3;4-10H,1-3H3;3H2,1-2H3/b10-7-;;;. The number of benzene rings is 6. The van der Waals surface area contributed by atoms with Crippen LogP contribution in [0.4, 0.5) is 0 Å². The highest BCUT2D eigenvalue weighted by Crippen LogP contribution is 2.59. The highest BCUT2D eigenvalue weighted by Gasteiger charge is 2.51. The number of hydrogen-bond acceptors (Lipinski definition) is 1. The third kappa shape index (κ3) is 8.32. The molecule has 0 fully saturated rings. The van der Waals surface area contributed by atoms with Gasteiger partial charge in [-0.05, 0) is 137 Å². The van der Waals surface area contributed by atoms with Crippen LogP contribution in [0.3, 0.4) is 0 Å². The van der Waals surface area contributed by atoms with Crippen LogP contribution in [0.5, 0.6) is 0 Å². The lowest BCUT2D eigenvalue weighted by molar-refractivity contribution is 0.397. The SMILES string of the molecule is C=CC1=C(/C=C\C)CCC12CC(C)(C)c1cc(CCC)ccc12.CCC.Cc1cccc(-c2ccc3c(c2)oc2ccccc23)c1.Cc1cccc2c1-c1ccccc1C2(C)C. The van der Waals surface area contributed by atoms with Crippen molar-refractivity contribution in [2.45, 2.75) is 124 Å². The van der Waals surface area contributed by atoms with Crippen molar-refractivity contribution in [3.63, 3.8) is 0 Å². The van der Waals surface area contributed by atoms with Crippen LogP contribution in [-0.4, -0.2) is 0 Å². The Morgan fingerprint density at radius 2 is 1.35 bits per heavy atom. The number of furan rings is 1. The molecule has 10 rings (SSSR count). The Morgan fingerprint density at radius 1 is 0.661 bits per heavy atom. The van der Waals surface area contributed by atoms with E-state index >= 15 is 0 Å². The average molecular weight is 817 g/mol. The molecule has 1 atom stereocenters. The lowest BCUT2D eigenvalue weighted by Gasteiger charge is -2.29. The van der Waals surface area contributed by atoms with Crippen molar-refractivity contribution in [3.05, 3.63) is 202 Å². The van der Waals surface area contributed by atoms with Crippen molar-refractivity contribution in [3.8, 4) is 22.3 Å². The van der Waals surface area contributed by atoms with Crippen molar-refractivity contribution in [1.82, 2.24) is 0 Å². The summed E-state index contributed by atoms with van der Waals surface area (Å²) in [7, 11) is 0. The molecule has 1 nitrogen and oxygen atoms in total. The highest BCUT2D eigenvalue weighted by molar-refractivity contribution is 6.05. The molecule has 62 heavy (non-hydrogen) atoms. The van der Waals surface area contributed by atoms with Crippen molar-refractivity contribution >= 4 is 21.9 Å². The van der Waals surface area contributed by atoms with Crippen molar-refractivity contribution in [2.75, 3.05) is 0 Å². The smallest absolute Gasteiger partial charge is 0.136 e. The monoisotopic (exact) mass is 817 g/mol. The first kappa shape index (κ1) is 44.4. The van der Waals surface area contributed by atoms with E-state index in [1.807, 2.05) is 18.2 Å². The topological polar surface area (TPSA) is 13.1 Å². The number of para-hydroxylation sites is 1. The van der Waals surface area contributed by atoms with Gasteiger partial charge in [0.25, 0.3) is 0 Å². The van der Waals surface area contributed by atoms with Gasteiger partial charge in [-0.1, -0.05) is 201 Å². The van der Waals surface area contributed by atoms with Gasteiger partial charge >= 0.3 is 0 Å². The van der Waals surface area contributed by atoms with Gasteiger partial charge < -0.3 is 4.42 Å². The third-order valence-corrected chi connectivity index (χ3v) is 13.4. The Labute approximate surface area is 373 Å². The normalized spacial score (nSPS) is 17.5. The van der Waals surface area contributed by atoms with Gasteiger partial charge in [0, 0.05) is 21.6 Å². The van der Waals surface area contributed by atoms with Crippen LogP contribution >= 0.6 is 0 Å². The summed E-state index contributed by atoms with van der Waals surface area (Å²) in [6, 6.07) is 45.9. The summed E-state index contributed by atoms with van der Waals surface area (Å²) in [5, 5.41) is 2.36. The van der Waals surface area contributed by atoms with E-state index in [-0.39, 0.29) is 16.2 Å². The van der Waals surface area contributed by atoms with Crippen LogP contribution in [-0.2, 0) is 22.7 Å². The molecule has 3 aliphatic carbocycles. The Morgan fingerprint density at radius 3 is 2.10 bits per heavy atom. The average Bonchev–Trinajstić information content (AvgIpc) is 3.94. The second-order valence-electron chi connectivity index (χ2n) is 19.0. The van der Waals surface area contributed by atoms with Crippen LogP contribution in [0, 0.1) is 13.8 Å². The Balaban J connectivity index is 0.000000137. The Hall–Kier alpha value is -5.66. The molecule has 0 radical (unpaired) electrons. The van der Waals surface area contributed by atoms with Crippen molar-refractivity contribution < 1.29 is 4.42 Å². The van der Waals surface area contributed by atoms with Crippen LogP contribution in [0.25, 0.3) is 44.2 Å². The van der Waals surface area contributed by atoms with Gasteiger partial charge in [0.15, 0.2) is 0 Å². The zero-order chi connectivity index (χ0) is 44.2. The van der Waals surface area contributed by atoms with Gasteiger partial charge in [0.1, 0.15) is 11.2 Å². The second kappa shape index (κ2) is 18.4. The first-order valence-corrected chi connectivity index (χ1v) is 23.1. The van der Waals surface area contributed by atoms with Gasteiger partial charge in [-0.3, -0.25) is 0 Å². The summed E-state index contributed by atoms with van der Waals surface area (Å²) < 4.78 is 5.94. The first-order chi connectivity index (χ1) is 29.8. The summed E-state index contributed by atoms with van der Waals surface area (Å²) in [4.78, 5) is 0. The summed E-state index contributed by atoms with van der Waals surface area (Å²) in [6.07, 6.45) is 13.9. The zero-order valence-electron chi connectivity index (χ0n) is 39.2. The fourth-order valence-corrected chi connectivity index (χ4v) is 10.7. The van der Waals surface area contributed by atoms with E-state index < -0.39 is 0 Å². The van der Waals surface area contributed by atoms with E-state index in [1.54, 1.807) is 11.1 Å². The van der Waals surface area contributed by atoms with E-state index in [0.29, 0.717) is 0 Å². The molecule has 1 heterocycles. The van der Waals surface area contributed by atoms with Crippen LogP contribution in [0.15, 0.2) is 168 Å². The lowest BCUT2D eigenvalue weighted by atomic mass is 9.73. The predicted molar refractivity (Wildman–Crippen MR) is 270 cm³/mol. The molecule has 0 aliphatic heterocycles. The molecular formula is C61H68O. The molecule has 0 saturated carbocycles. The number of allylic oxidation sites excluding steroid dienone is 5. The quantitative estimate of drug-likeness (QED) is 0.169. The molecule has 1 heteroatoms. The van der Waals surface area contributed by atoms with E-state index in [2.05, 4.69) is 203 Å². The van der Waals surface area contributed by atoms with Gasteiger partial charge in [0.05, 0.1) is 0 Å². The van der Waals surface area contributed by atoms with Gasteiger partial charge in [-0.25, -0.2) is 0 Å². The second-order valence-corrected chi connectivity index (χ2v) is 19.0. The molecule has 1 aromatic heterocycles. The number of fused-ring (bicyclic) bond motifs is 8. The molecule has 0 amide bonds. The molecule has 0 saturated heterocycles. The molecular weight excluding hydrogens is 749 g/mol. The van der Waals surface area contributed by atoms with Crippen molar-refractivity contribution in [1.29, 1.82) is 0 Å². The molecule has 7 aromatic rings. The number of rotatable bonds is 5. The van der Waals surface area contributed by atoms with Crippen LogP contribution in [0.2, 0.25) is 0 Å². The summed E-state index contributed by atoms with van der Waals surface area (Å²) in [6.45, 7) is 26.6. The first-order valence-electron chi connectivity index (χ1n) is 23.1. The summed E-state index contributed by atoms with van der Waals surface area (Å²) in [5.41, 5.74) is 21.0. The largest absolute Gasteiger partial charge is 0.456 e. The predicted octanol–water partition coefficient (Wildman–Crippen LogP) is 17.7. The minimum absolute atomic E-state index is 0.151. The Kier molecular flexibility index (Phi) is 13.1. The van der Waals surface area contributed by atoms with Gasteiger partial charge in [0.2, 0.25) is 0 Å². The maximum Gasteiger partial charge on any atom is 0.136 e. The molecule has 3 aliphatic rings. The lowest BCUT2D eigenvalue weighted by Crippen LogP contribution is -2.24.